The molecule has 1 rings (SSSR count). The molecule has 0 saturated heterocycles. The molecule has 0 atom stereocenters. The molecule has 78 valence electrons. The highest BCUT2D eigenvalue weighted by Gasteiger charge is 2.05. The maximum Gasteiger partial charge on any atom is 0.142 e. The van der Waals surface area contributed by atoms with Gasteiger partial charge in [-0.3, -0.25) is 0 Å². The number of ether oxygens (including phenoxy) is 1. The summed E-state index contributed by atoms with van der Waals surface area (Å²) in [6.45, 7) is 2.10. The second-order valence-electron chi connectivity index (χ2n) is 3.06. The molecule has 0 saturated carbocycles. The molecule has 0 fully saturated rings. The van der Waals surface area contributed by atoms with Gasteiger partial charge in [0.05, 0.1) is 12.3 Å². The third-order valence-electron chi connectivity index (χ3n) is 1.85. The molecular formula is C10H14FNO2. The number of aliphatic hydroxyl groups is 1. The van der Waals surface area contributed by atoms with Crippen LogP contribution in [-0.2, 0) is 0 Å². The normalized spacial score (nSPS) is 10.2. The third kappa shape index (κ3) is 2.60. The lowest BCUT2D eigenvalue weighted by Crippen LogP contribution is -2.03. The van der Waals surface area contributed by atoms with E-state index < -0.39 is 0 Å². The van der Waals surface area contributed by atoms with Crippen LogP contribution in [0.5, 0.6) is 5.75 Å². The van der Waals surface area contributed by atoms with Crippen LogP contribution in [0.4, 0.5) is 10.1 Å². The van der Waals surface area contributed by atoms with Gasteiger partial charge in [-0.1, -0.05) is 0 Å². The smallest absolute Gasteiger partial charge is 0.142 e. The highest BCUT2D eigenvalue weighted by atomic mass is 19.1. The summed E-state index contributed by atoms with van der Waals surface area (Å²) >= 11 is 0. The SMILES string of the molecule is Cc1cc(OCCCO)c(N)cc1F. The van der Waals surface area contributed by atoms with E-state index in [4.69, 9.17) is 15.6 Å². The minimum Gasteiger partial charge on any atom is -0.491 e. The van der Waals surface area contributed by atoms with Gasteiger partial charge in [-0.2, -0.15) is 0 Å². The van der Waals surface area contributed by atoms with Crippen molar-refractivity contribution in [1.82, 2.24) is 0 Å². The zero-order chi connectivity index (χ0) is 10.6. The van der Waals surface area contributed by atoms with Crippen LogP contribution in [-0.4, -0.2) is 18.3 Å². The molecule has 0 amide bonds. The monoisotopic (exact) mass is 199 g/mol. The molecule has 14 heavy (non-hydrogen) atoms. The van der Waals surface area contributed by atoms with Crippen molar-refractivity contribution in [2.45, 2.75) is 13.3 Å². The molecule has 0 heterocycles. The Hall–Kier alpha value is -1.29. The Kier molecular flexibility index (Phi) is 3.71. The summed E-state index contributed by atoms with van der Waals surface area (Å²) in [7, 11) is 0. The Bertz CT molecular complexity index is 315. The number of nitrogens with two attached hydrogens (primary N) is 1. The van der Waals surface area contributed by atoms with Crippen LogP contribution in [0.25, 0.3) is 0 Å². The first kappa shape index (κ1) is 10.8. The summed E-state index contributed by atoms with van der Waals surface area (Å²) in [5.41, 5.74) is 6.33. The summed E-state index contributed by atoms with van der Waals surface area (Å²) in [6.07, 6.45) is 0.538. The maximum atomic E-state index is 13.0. The average Bonchev–Trinajstić information content (AvgIpc) is 2.14. The van der Waals surface area contributed by atoms with Gasteiger partial charge < -0.3 is 15.6 Å². The number of rotatable bonds is 4. The van der Waals surface area contributed by atoms with Gasteiger partial charge in [0, 0.05) is 19.1 Å². The molecule has 4 heteroatoms. The molecule has 0 aliphatic carbocycles. The number of nitrogen functional groups attached to an aromatic ring is 1. The van der Waals surface area contributed by atoms with E-state index in [-0.39, 0.29) is 18.1 Å². The lowest BCUT2D eigenvalue weighted by atomic mass is 10.2. The zero-order valence-electron chi connectivity index (χ0n) is 8.09. The molecule has 3 N–H and O–H groups in total. The molecule has 1 aromatic rings. The second-order valence-corrected chi connectivity index (χ2v) is 3.06. The maximum absolute atomic E-state index is 13.0. The van der Waals surface area contributed by atoms with E-state index in [0.717, 1.165) is 0 Å². The van der Waals surface area contributed by atoms with Gasteiger partial charge in [-0.15, -0.1) is 0 Å². The van der Waals surface area contributed by atoms with Crippen molar-refractivity contribution in [2.24, 2.45) is 0 Å². The highest BCUT2D eigenvalue weighted by Crippen LogP contribution is 2.24. The van der Waals surface area contributed by atoms with Crippen molar-refractivity contribution < 1.29 is 14.2 Å². The Morgan fingerprint density at radius 3 is 2.86 bits per heavy atom. The summed E-state index contributed by atoms with van der Waals surface area (Å²) in [4.78, 5) is 0. The molecular weight excluding hydrogens is 185 g/mol. The zero-order valence-corrected chi connectivity index (χ0v) is 8.09. The van der Waals surface area contributed by atoms with E-state index in [0.29, 0.717) is 24.3 Å². The summed E-state index contributed by atoms with van der Waals surface area (Å²) in [6, 6.07) is 2.80. The largest absolute Gasteiger partial charge is 0.491 e. The first-order valence-electron chi connectivity index (χ1n) is 4.44. The van der Waals surface area contributed by atoms with Crippen LogP contribution >= 0.6 is 0 Å². The Morgan fingerprint density at radius 2 is 2.21 bits per heavy atom. The molecule has 3 nitrogen and oxygen atoms in total. The molecule has 0 aliphatic heterocycles. The lowest BCUT2D eigenvalue weighted by Gasteiger charge is -2.09. The summed E-state index contributed by atoms with van der Waals surface area (Å²) in [5.74, 6) is 0.134. The number of halogens is 1. The fraction of sp³-hybridized carbons (Fsp3) is 0.400. The number of aliphatic hydroxyl groups excluding tert-OH is 1. The molecule has 0 aromatic heterocycles. The molecule has 0 bridgehead atoms. The Balaban J connectivity index is 2.72. The number of hydrogen-bond acceptors (Lipinski definition) is 3. The number of anilines is 1. The number of hydrogen-bond donors (Lipinski definition) is 2. The topological polar surface area (TPSA) is 55.5 Å². The van der Waals surface area contributed by atoms with E-state index in [9.17, 15) is 4.39 Å². The van der Waals surface area contributed by atoms with Gasteiger partial charge in [0.25, 0.3) is 0 Å². The van der Waals surface area contributed by atoms with Crippen molar-refractivity contribution in [3.63, 3.8) is 0 Å². The minimum atomic E-state index is -0.336. The lowest BCUT2D eigenvalue weighted by molar-refractivity contribution is 0.234. The standard InChI is InChI=1S/C10H14FNO2/c1-7-5-10(14-4-2-3-13)9(12)6-8(7)11/h5-6,13H,2-4,12H2,1H3. The summed E-state index contributed by atoms with van der Waals surface area (Å²) in [5, 5.41) is 8.54. The van der Waals surface area contributed by atoms with Crippen molar-refractivity contribution >= 4 is 5.69 Å². The molecule has 0 radical (unpaired) electrons. The van der Waals surface area contributed by atoms with Crippen molar-refractivity contribution in [3.8, 4) is 5.75 Å². The van der Waals surface area contributed by atoms with Gasteiger partial charge in [0.15, 0.2) is 0 Å². The highest BCUT2D eigenvalue weighted by molar-refractivity contribution is 5.54. The van der Waals surface area contributed by atoms with Crippen molar-refractivity contribution in [3.05, 3.63) is 23.5 Å². The Labute approximate surface area is 82.3 Å². The first-order valence-corrected chi connectivity index (χ1v) is 4.44. The predicted molar refractivity (Wildman–Crippen MR) is 52.7 cm³/mol. The molecule has 0 unspecified atom stereocenters. The van der Waals surface area contributed by atoms with E-state index in [1.165, 1.54) is 6.07 Å². The van der Waals surface area contributed by atoms with E-state index in [1.54, 1.807) is 13.0 Å². The van der Waals surface area contributed by atoms with Gasteiger partial charge in [-0.05, 0) is 18.6 Å². The van der Waals surface area contributed by atoms with Crippen LogP contribution in [0.1, 0.15) is 12.0 Å². The number of aryl methyl sites for hydroxylation is 1. The van der Waals surface area contributed by atoms with Crippen LogP contribution in [0.2, 0.25) is 0 Å². The van der Waals surface area contributed by atoms with Gasteiger partial charge in [0.1, 0.15) is 11.6 Å². The van der Waals surface area contributed by atoms with E-state index in [1.807, 2.05) is 0 Å². The third-order valence-corrected chi connectivity index (χ3v) is 1.85. The Morgan fingerprint density at radius 1 is 1.50 bits per heavy atom. The fourth-order valence-electron chi connectivity index (χ4n) is 1.04. The van der Waals surface area contributed by atoms with Gasteiger partial charge in [0.2, 0.25) is 0 Å². The minimum absolute atomic E-state index is 0.0695. The van der Waals surface area contributed by atoms with Crippen LogP contribution in [0.3, 0.4) is 0 Å². The second kappa shape index (κ2) is 4.81. The molecule has 0 spiro atoms. The van der Waals surface area contributed by atoms with Crippen LogP contribution in [0, 0.1) is 12.7 Å². The quantitative estimate of drug-likeness (QED) is 0.570. The average molecular weight is 199 g/mol. The predicted octanol–water partition coefficient (Wildman–Crippen LogP) is 1.48. The van der Waals surface area contributed by atoms with Gasteiger partial charge >= 0.3 is 0 Å². The summed E-state index contributed by atoms with van der Waals surface area (Å²) < 4.78 is 18.2. The molecule has 0 aliphatic rings. The van der Waals surface area contributed by atoms with E-state index in [2.05, 4.69) is 0 Å². The van der Waals surface area contributed by atoms with Crippen molar-refractivity contribution in [1.29, 1.82) is 0 Å². The molecule has 1 aromatic carbocycles. The first-order chi connectivity index (χ1) is 6.65. The van der Waals surface area contributed by atoms with Crippen LogP contribution in [0.15, 0.2) is 12.1 Å². The fourth-order valence-corrected chi connectivity index (χ4v) is 1.04. The number of benzene rings is 1. The van der Waals surface area contributed by atoms with Crippen molar-refractivity contribution in [2.75, 3.05) is 18.9 Å². The van der Waals surface area contributed by atoms with Crippen LogP contribution < -0.4 is 10.5 Å². The van der Waals surface area contributed by atoms with E-state index >= 15 is 0 Å². The van der Waals surface area contributed by atoms with Gasteiger partial charge in [-0.25, -0.2) is 4.39 Å².